The van der Waals surface area contributed by atoms with Crippen LogP contribution in [0.25, 0.3) is 11.0 Å². The number of nitrogens with one attached hydrogen (secondary N) is 2. The quantitative estimate of drug-likeness (QED) is 0.159. The number of anilines is 1. The molecule has 2 aliphatic carbocycles. The van der Waals surface area contributed by atoms with Gasteiger partial charge >= 0.3 is 0 Å². The van der Waals surface area contributed by atoms with Gasteiger partial charge in [-0.3, -0.25) is 15.7 Å². The summed E-state index contributed by atoms with van der Waals surface area (Å²) >= 11 is 4.17. The van der Waals surface area contributed by atoms with Crippen molar-refractivity contribution in [1.29, 1.82) is 0 Å². The summed E-state index contributed by atoms with van der Waals surface area (Å²) in [4.78, 5) is 4.19. The van der Waals surface area contributed by atoms with Crippen molar-refractivity contribution in [3.8, 4) is 0 Å². The molecule has 3 aromatic rings. The molecule has 0 atom stereocenters. The monoisotopic (exact) mass is 620 g/mol. The molecule has 5 rings (SSSR count). The van der Waals surface area contributed by atoms with Gasteiger partial charge in [0, 0.05) is 9.61 Å². The molecule has 2 fully saturated rings. The van der Waals surface area contributed by atoms with E-state index >= 15 is 0 Å². The van der Waals surface area contributed by atoms with Gasteiger partial charge in [0.15, 0.2) is 17.2 Å². The standard InChI is InChI=1S/C10H10FIN2O.C10H9IN2O/c11-9-7(2-1-3-8(9)12)10(14-15)13-6-4-5-6;11-8-3-1-2-7-9(8)14-13-10(7)12-6-4-5-6/h1-3,6,15H,4-5H2,(H,13,14);1-3,6H,4-5H2,(H,12,13). The van der Waals surface area contributed by atoms with Crippen LogP contribution >= 0.6 is 45.2 Å². The van der Waals surface area contributed by atoms with Gasteiger partial charge in [0.25, 0.3) is 0 Å². The smallest absolute Gasteiger partial charge is 0.182 e. The number of fused-ring (bicyclic) bond motifs is 1. The van der Waals surface area contributed by atoms with E-state index in [2.05, 4.69) is 38.1 Å². The van der Waals surface area contributed by atoms with Crippen molar-refractivity contribution in [2.75, 3.05) is 5.32 Å². The molecule has 29 heavy (non-hydrogen) atoms. The van der Waals surface area contributed by atoms with Crippen LogP contribution in [0.1, 0.15) is 31.2 Å². The molecule has 2 aliphatic rings. The molecule has 0 radical (unpaired) electrons. The minimum absolute atomic E-state index is 0.216. The molecule has 0 amide bonds. The zero-order chi connectivity index (χ0) is 20.4. The van der Waals surface area contributed by atoms with Crippen molar-refractivity contribution in [2.24, 2.45) is 4.99 Å². The molecule has 0 aliphatic heterocycles. The van der Waals surface area contributed by atoms with Gasteiger partial charge in [0.05, 0.1) is 20.6 Å². The largest absolute Gasteiger partial charge is 0.364 e. The number of hydrogen-bond donors (Lipinski definition) is 3. The summed E-state index contributed by atoms with van der Waals surface area (Å²) in [6.07, 6.45) is 4.52. The fourth-order valence-electron chi connectivity index (χ4n) is 2.69. The second-order valence-electron chi connectivity index (χ2n) is 6.99. The van der Waals surface area contributed by atoms with Crippen LogP contribution in [0.4, 0.5) is 10.2 Å². The van der Waals surface area contributed by atoms with E-state index < -0.39 is 0 Å². The Hall–Kier alpha value is -1.47. The second-order valence-corrected chi connectivity index (χ2v) is 9.31. The van der Waals surface area contributed by atoms with Crippen molar-refractivity contribution in [1.82, 2.24) is 10.6 Å². The van der Waals surface area contributed by atoms with Gasteiger partial charge in [0.2, 0.25) is 0 Å². The number of aliphatic imine (C=N–C) groups is 1. The van der Waals surface area contributed by atoms with Crippen molar-refractivity contribution >= 4 is 67.8 Å². The van der Waals surface area contributed by atoms with Crippen LogP contribution in [-0.2, 0) is 0 Å². The van der Waals surface area contributed by atoms with Crippen LogP contribution in [0.5, 0.6) is 0 Å². The summed E-state index contributed by atoms with van der Waals surface area (Å²) in [6, 6.07) is 11.9. The Balaban J connectivity index is 0.000000141. The van der Waals surface area contributed by atoms with Crippen LogP contribution in [0, 0.1) is 13.0 Å². The minimum atomic E-state index is -0.348. The van der Waals surface area contributed by atoms with Crippen molar-refractivity contribution in [3.63, 3.8) is 0 Å². The molecule has 0 bridgehead atoms. The van der Waals surface area contributed by atoms with Crippen LogP contribution in [0.3, 0.4) is 0 Å². The maximum Gasteiger partial charge on any atom is 0.182 e. The van der Waals surface area contributed by atoms with Crippen molar-refractivity contribution < 1.29 is 14.1 Å². The topological polar surface area (TPSA) is 82.7 Å². The van der Waals surface area contributed by atoms with E-state index in [0.29, 0.717) is 15.2 Å². The normalized spacial score (nSPS) is 16.3. The Morgan fingerprint density at radius 1 is 1.10 bits per heavy atom. The van der Waals surface area contributed by atoms with Crippen LogP contribution < -0.4 is 10.8 Å². The van der Waals surface area contributed by atoms with Crippen LogP contribution in [0.15, 0.2) is 45.9 Å². The Morgan fingerprint density at radius 3 is 2.52 bits per heavy atom. The molecule has 9 heteroatoms. The molecule has 152 valence electrons. The first-order valence-corrected chi connectivity index (χ1v) is 11.4. The highest BCUT2D eigenvalue weighted by Crippen LogP contribution is 2.31. The lowest BCUT2D eigenvalue weighted by Gasteiger charge is -2.06. The third kappa shape index (κ3) is 5.18. The fourth-order valence-corrected chi connectivity index (χ4v) is 3.78. The number of aromatic nitrogens is 1. The number of halogens is 3. The molecule has 3 N–H and O–H groups in total. The molecule has 6 nitrogen and oxygen atoms in total. The first-order chi connectivity index (χ1) is 14.1. The third-order valence-corrected chi connectivity index (χ3v) is 6.22. The number of benzene rings is 2. The molecular weight excluding hydrogens is 601 g/mol. The van der Waals surface area contributed by atoms with E-state index in [1.807, 2.05) is 46.3 Å². The minimum Gasteiger partial charge on any atom is -0.364 e. The van der Waals surface area contributed by atoms with Gasteiger partial charge in [-0.15, -0.1) is 0 Å². The van der Waals surface area contributed by atoms with Crippen molar-refractivity contribution in [3.05, 3.63) is 54.9 Å². The van der Waals surface area contributed by atoms with E-state index in [1.54, 1.807) is 18.2 Å². The van der Waals surface area contributed by atoms with E-state index in [1.165, 1.54) is 12.8 Å². The average Bonchev–Trinajstić information content (AvgIpc) is 3.64. The first-order valence-electron chi connectivity index (χ1n) is 9.29. The first kappa shape index (κ1) is 20.8. The highest BCUT2D eigenvalue weighted by atomic mass is 127. The predicted molar refractivity (Wildman–Crippen MR) is 127 cm³/mol. The van der Waals surface area contributed by atoms with Crippen LogP contribution in [0.2, 0.25) is 0 Å². The molecular formula is C20H19FI2N4O2. The summed E-state index contributed by atoms with van der Waals surface area (Å²) < 4.78 is 20.6. The van der Waals surface area contributed by atoms with Gasteiger partial charge in [-0.25, -0.2) is 4.39 Å². The molecule has 0 saturated heterocycles. The summed E-state index contributed by atoms with van der Waals surface area (Å²) in [7, 11) is 0. The van der Waals surface area contributed by atoms with Gasteiger partial charge in [-0.2, -0.15) is 0 Å². The predicted octanol–water partition coefficient (Wildman–Crippen LogP) is 5.32. The maximum atomic E-state index is 13.7. The third-order valence-electron chi connectivity index (χ3n) is 4.54. The van der Waals surface area contributed by atoms with Gasteiger partial charge < -0.3 is 9.84 Å². The highest BCUT2D eigenvalue weighted by Gasteiger charge is 2.24. The Morgan fingerprint density at radius 2 is 1.83 bits per heavy atom. The number of para-hydroxylation sites is 1. The lowest BCUT2D eigenvalue weighted by atomic mass is 10.2. The molecule has 2 aromatic carbocycles. The number of amidine groups is 1. The summed E-state index contributed by atoms with van der Waals surface area (Å²) in [5.41, 5.74) is 3.17. The molecule has 0 unspecified atom stereocenters. The van der Waals surface area contributed by atoms with Crippen molar-refractivity contribution in [2.45, 2.75) is 37.8 Å². The molecule has 1 heterocycles. The SMILES string of the molecule is Ic1cccc2c(NC3CC3)noc12.ONC(=NC1CC1)c1cccc(I)c1F. The van der Waals surface area contributed by atoms with E-state index in [9.17, 15) is 4.39 Å². The van der Waals surface area contributed by atoms with Crippen LogP contribution in [-0.4, -0.2) is 28.3 Å². The van der Waals surface area contributed by atoms with E-state index in [4.69, 9.17) is 9.73 Å². The fraction of sp³-hybridized carbons (Fsp3) is 0.300. The zero-order valence-corrected chi connectivity index (χ0v) is 19.6. The number of hydroxylamine groups is 1. The van der Waals surface area contributed by atoms with E-state index in [-0.39, 0.29) is 17.7 Å². The molecule has 0 spiro atoms. The zero-order valence-electron chi connectivity index (χ0n) is 15.3. The highest BCUT2D eigenvalue weighted by molar-refractivity contribution is 14.1. The van der Waals surface area contributed by atoms with Gasteiger partial charge in [-0.05, 0) is 95.1 Å². The van der Waals surface area contributed by atoms with Gasteiger partial charge in [0.1, 0.15) is 5.82 Å². The van der Waals surface area contributed by atoms with E-state index in [0.717, 1.165) is 33.2 Å². The number of nitrogens with zero attached hydrogens (tertiary/aromatic N) is 2. The summed E-state index contributed by atoms with van der Waals surface area (Å²) in [6.45, 7) is 0. The molecule has 1 aromatic heterocycles. The Labute approximate surface area is 194 Å². The maximum absolute atomic E-state index is 13.7. The Kier molecular flexibility index (Phi) is 6.54. The summed E-state index contributed by atoms with van der Waals surface area (Å²) in [5.74, 6) is 0.758. The number of hydrogen-bond acceptors (Lipinski definition) is 5. The summed E-state index contributed by atoms with van der Waals surface area (Å²) in [5, 5.41) is 17.4. The molecule has 2 saturated carbocycles. The van der Waals surface area contributed by atoms with Gasteiger partial charge in [-0.1, -0.05) is 17.3 Å². The Bertz CT molecular complexity index is 1050. The average molecular weight is 620 g/mol. The second kappa shape index (κ2) is 9.13. The lowest BCUT2D eigenvalue weighted by Crippen LogP contribution is -2.22. The lowest BCUT2D eigenvalue weighted by molar-refractivity contribution is 0.234. The number of rotatable bonds is 4.